The van der Waals surface area contributed by atoms with Crippen molar-refractivity contribution in [1.29, 1.82) is 0 Å². The highest BCUT2D eigenvalue weighted by molar-refractivity contribution is 7.99. The van der Waals surface area contributed by atoms with Gasteiger partial charge in [0.2, 0.25) is 5.91 Å². The molecule has 7 heteroatoms. The summed E-state index contributed by atoms with van der Waals surface area (Å²) in [5.74, 6) is 2.00. The molecule has 3 amide bonds. The van der Waals surface area contributed by atoms with Gasteiger partial charge in [-0.2, -0.15) is 11.8 Å². The molecule has 3 fully saturated rings. The van der Waals surface area contributed by atoms with Crippen molar-refractivity contribution in [1.82, 2.24) is 9.80 Å². The average Bonchev–Trinajstić information content (AvgIpc) is 3.09. The van der Waals surface area contributed by atoms with Crippen LogP contribution in [0.25, 0.3) is 0 Å². The highest BCUT2D eigenvalue weighted by Crippen LogP contribution is 2.37. The first kappa shape index (κ1) is 22.8. The predicted molar refractivity (Wildman–Crippen MR) is 132 cm³/mol. The first-order chi connectivity index (χ1) is 16.1. The van der Waals surface area contributed by atoms with Crippen LogP contribution < -0.4 is 4.90 Å². The molecule has 1 atom stereocenters. The van der Waals surface area contributed by atoms with Crippen molar-refractivity contribution in [2.24, 2.45) is 5.92 Å². The van der Waals surface area contributed by atoms with Gasteiger partial charge in [0.1, 0.15) is 0 Å². The topological polar surface area (TPSA) is 60.9 Å². The molecule has 33 heavy (non-hydrogen) atoms. The van der Waals surface area contributed by atoms with Gasteiger partial charge in [-0.15, -0.1) is 0 Å². The Morgan fingerprint density at radius 3 is 2.33 bits per heavy atom. The van der Waals surface area contributed by atoms with Crippen molar-refractivity contribution in [2.75, 3.05) is 42.6 Å². The largest absolute Gasteiger partial charge is 0.370 e. The van der Waals surface area contributed by atoms with Crippen molar-refractivity contribution in [2.45, 2.75) is 63.8 Å². The zero-order valence-electron chi connectivity index (χ0n) is 19.5. The van der Waals surface area contributed by atoms with Crippen LogP contribution >= 0.6 is 11.8 Å². The number of carbonyl (C=O) groups excluding carboxylic acids is 3. The molecule has 1 aromatic carbocycles. The molecule has 3 heterocycles. The van der Waals surface area contributed by atoms with Crippen molar-refractivity contribution in [3.05, 3.63) is 29.3 Å². The monoisotopic (exact) mass is 469 g/mol. The number of amides is 3. The van der Waals surface area contributed by atoms with Gasteiger partial charge in [0, 0.05) is 43.7 Å². The van der Waals surface area contributed by atoms with Gasteiger partial charge in [-0.05, 0) is 37.8 Å². The first-order valence-electron chi connectivity index (χ1n) is 12.8. The van der Waals surface area contributed by atoms with Crippen LogP contribution in [0.3, 0.4) is 0 Å². The zero-order chi connectivity index (χ0) is 22.8. The number of fused-ring (bicyclic) bond motifs is 1. The van der Waals surface area contributed by atoms with Gasteiger partial charge < -0.3 is 9.80 Å². The van der Waals surface area contributed by atoms with Crippen molar-refractivity contribution in [3.8, 4) is 0 Å². The molecule has 5 rings (SSSR count). The summed E-state index contributed by atoms with van der Waals surface area (Å²) in [6.45, 7) is 3.12. The van der Waals surface area contributed by atoms with E-state index in [1.54, 1.807) is 11.0 Å². The Morgan fingerprint density at radius 1 is 0.848 bits per heavy atom. The molecule has 6 nitrogen and oxygen atoms in total. The molecule has 0 radical (unpaired) electrons. The number of anilines is 1. The van der Waals surface area contributed by atoms with Crippen LogP contribution in [0.4, 0.5) is 5.69 Å². The quantitative estimate of drug-likeness (QED) is 0.622. The Bertz CT molecular complexity index is 906. The number of benzene rings is 1. The van der Waals surface area contributed by atoms with Crippen LogP contribution in [0.15, 0.2) is 18.2 Å². The molecule has 0 bridgehead atoms. The molecule has 4 aliphatic rings. The molecular formula is C26H35N3O3S. The highest BCUT2D eigenvalue weighted by atomic mass is 32.2. The van der Waals surface area contributed by atoms with E-state index in [4.69, 9.17) is 0 Å². The summed E-state index contributed by atoms with van der Waals surface area (Å²) in [5.41, 5.74) is 1.94. The second-order valence-corrected chi connectivity index (χ2v) is 11.1. The van der Waals surface area contributed by atoms with Gasteiger partial charge in [-0.3, -0.25) is 19.3 Å². The molecule has 0 N–H and O–H groups in total. The third kappa shape index (κ3) is 4.53. The number of carbonyl (C=O) groups is 3. The van der Waals surface area contributed by atoms with Crippen molar-refractivity contribution < 1.29 is 14.4 Å². The molecule has 1 aromatic rings. The fourth-order valence-electron chi connectivity index (χ4n) is 6.01. The van der Waals surface area contributed by atoms with Gasteiger partial charge in [-0.25, -0.2) is 0 Å². The number of piperidine rings is 1. The van der Waals surface area contributed by atoms with Crippen molar-refractivity contribution >= 4 is 35.2 Å². The Balaban J connectivity index is 1.36. The SMILES string of the molecule is O=C(C1CCCN(c2cccc3c2C(=O)N(C2CCCCCCC2)C3=O)C1)N1CCSCC1. The maximum atomic E-state index is 13.6. The molecule has 1 saturated carbocycles. The molecular weight excluding hydrogens is 434 g/mol. The van der Waals surface area contributed by atoms with Crippen LogP contribution in [0.1, 0.15) is 78.5 Å². The normalized spacial score (nSPS) is 25.1. The lowest BCUT2D eigenvalue weighted by atomic mass is 9.94. The fourth-order valence-corrected chi connectivity index (χ4v) is 6.92. The lowest BCUT2D eigenvalue weighted by molar-refractivity contribution is -0.135. The number of thioether (sulfide) groups is 1. The maximum absolute atomic E-state index is 13.6. The van der Waals surface area contributed by atoms with E-state index in [0.29, 0.717) is 17.7 Å². The summed E-state index contributed by atoms with van der Waals surface area (Å²) in [7, 11) is 0. The van der Waals surface area contributed by atoms with Crippen LogP contribution in [0.5, 0.6) is 0 Å². The third-order valence-corrected chi connectivity index (χ3v) is 8.74. The summed E-state index contributed by atoms with van der Waals surface area (Å²) >= 11 is 1.91. The fraction of sp³-hybridized carbons (Fsp3) is 0.654. The Morgan fingerprint density at radius 2 is 1.58 bits per heavy atom. The molecule has 1 unspecified atom stereocenters. The minimum atomic E-state index is -0.127. The molecule has 3 aliphatic heterocycles. The van der Waals surface area contributed by atoms with E-state index in [1.165, 1.54) is 19.3 Å². The molecule has 0 spiro atoms. The summed E-state index contributed by atoms with van der Waals surface area (Å²) in [5, 5.41) is 0. The van der Waals surface area contributed by atoms with Crippen molar-refractivity contribution in [3.63, 3.8) is 0 Å². The molecule has 178 valence electrons. The lowest BCUT2D eigenvalue weighted by Crippen LogP contribution is -2.47. The Labute approximate surface area is 201 Å². The van der Waals surface area contributed by atoms with Crippen LogP contribution in [0.2, 0.25) is 0 Å². The van der Waals surface area contributed by atoms with Crippen LogP contribution in [-0.2, 0) is 4.79 Å². The van der Waals surface area contributed by atoms with E-state index in [9.17, 15) is 14.4 Å². The average molecular weight is 470 g/mol. The number of rotatable bonds is 3. The summed E-state index contributed by atoms with van der Waals surface area (Å²) in [6.07, 6.45) is 9.43. The third-order valence-electron chi connectivity index (χ3n) is 7.80. The van der Waals surface area contributed by atoms with E-state index in [2.05, 4.69) is 4.90 Å². The molecule has 1 aliphatic carbocycles. The van der Waals surface area contributed by atoms with Gasteiger partial charge in [0.25, 0.3) is 11.8 Å². The van der Waals surface area contributed by atoms with Gasteiger partial charge in [-0.1, -0.05) is 38.2 Å². The summed E-state index contributed by atoms with van der Waals surface area (Å²) in [6, 6.07) is 5.68. The highest BCUT2D eigenvalue weighted by Gasteiger charge is 2.42. The van der Waals surface area contributed by atoms with E-state index >= 15 is 0 Å². The molecule has 0 aromatic heterocycles. The Hall–Kier alpha value is -2.02. The van der Waals surface area contributed by atoms with Crippen LogP contribution in [0, 0.1) is 5.92 Å². The summed E-state index contributed by atoms with van der Waals surface area (Å²) in [4.78, 5) is 45.9. The van der Waals surface area contributed by atoms with E-state index in [-0.39, 0.29) is 29.7 Å². The van der Waals surface area contributed by atoms with Gasteiger partial charge >= 0.3 is 0 Å². The maximum Gasteiger partial charge on any atom is 0.263 e. The van der Waals surface area contributed by atoms with Gasteiger partial charge in [0.05, 0.1) is 22.7 Å². The standard InChI is InChI=1S/C26H35N3O3S/c30-24(27-14-16-33-17-15-27)19-8-7-13-28(18-19)22-12-6-11-21-23(22)26(32)29(25(21)31)20-9-4-2-1-3-5-10-20/h6,11-12,19-20H,1-5,7-10,13-18H2. The Kier molecular flexibility index (Phi) is 6.95. The van der Waals surface area contributed by atoms with Gasteiger partial charge in [0.15, 0.2) is 0 Å². The number of imide groups is 1. The predicted octanol–water partition coefficient (Wildman–Crippen LogP) is 4.19. The second kappa shape index (κ2) is 10.1. The minimum Gasteiger partial charge on any atom is -0.370 e. The summed E-state index contributed by atoms with van der Waals surface area (Å²) < 4.78 is 0. The zero-order valence-corrected chi connectivity index (χ0v) is 20.3. The number of hydrogen-bond acceptors (Lipinski definition) is 5. The minimum absolute atomic E-state index is 0.0122. The van der Waals surface area contributed by atoms with E-state index < -0.39 is 0 Å². The number of nitrogens with zero attached hydrogens (tertiary/aromatic N) is 3. The second-order valence-electron chi connectivity index (χ2n) is 9.90. The molecule has 2 saturated heterocycles. The van der Waals surface area contributed by atoms with Crippen LogP contribution in [-0.4, -0.2) is 71.2 Å². The van der Waals surface area contributed by atoms with E-state index in [1.807, 2.05) is 28.8 Å². The lowest BCUT2D eigenvalue weighted by Gasteiger charge is -2.37. The number of hydrogen-bond donors (Lipinski definition) is 0. The smallest absolute Gasteiger partial charge is 0.263 e. The first-order valence-corrected chi connectivity index (χ1v) is 13.9. The van der Waals surface area contributed by atoms with E-state index in [0.717, 1.165) is 75.4 Å².